The molecule has 0 saturated heterocycles. The molecule has 0 aliphatic carbocycles. The average molecular weight is 416 g/mol. The van der Waals surface area contributed by atoms with Crippen LogP contribution in [0.15, 0.2) is 41.8 Å². The van der Waals surface area contributed by atoms with Crippen molar-refractivity contribution in [2.24, 2.45) is 0 Å². The van der Waals surface area contributed by atoms with Crippen molar-refractivity contribution in [2.45, 2.75) is 33.7 Å². The van der Waals surface area contributed by atoms with Gasteiger partial charge in [-0.15, -0.1) is 11.3 Å². The van der Waals surface area contributed by atoms with Gasteiger partial charge in [-0.3, -0.25) is 4.79 Å². The van der Waals surface area contributed by atoms with Crippen molar-refractivity contribution < 1.29 is 14.3 Å². The number of ether oxygens (including phenoxy) is 1. The lowest BCUT2D eigenvalue weighted by molar-refractivity contribution is 0.0478. The number of halogens is 1. The Bertz CT molecular complexity index is 1000. The maximum absolute atomic E-state index is 12.6. The van der Waals surface area contributed by atoms with Gasteiger partial charge in [-0.05, 0) is 68.0 Å². The molecule has 0 spiro atoms. The van der Waals surface area contributed by atoms with Crippen LogP contribution in [0.3, 0.4) is 0 Å². The smallest absolute Gasteiger partial charge is 0.349 e. The summed E-state index contributed by atoms with van der Waals surface area (Å²) in [5.41, 5.74) is 4.55. The Balaban J connectivity index is 1.65. The Morgan fingerprint density at radius 3 is 2.46 bits per heavy atom. The van der Waals surface area contributed by atoms with Crippen LogP contribution in [0.1, 0.15) is 42.5 Å². The maximum atomic E-state index is 12.6. The molecule has 0 aliphatic heterocycles. The number of benzene rings is 1. The highest BCUT2D eigenvalue weighted by molar-refractivity contribution is 7.12. The van der Waals surface area contributed by atoms with Crippen LogP contribution in [-0.2, 0) is 17.7 Å². The van der Waals surface area contributed by atoms with Gasteiger partial charge in [0, 0.05) is 28.5 Å². The fourth-order valence-corrected chi connectivity index (χ4v) is 4.12. The standard InChI is InChI=1S/C22H22ClNO3S/c1-14-9-11-28-21(14)22(26)27-13-20(25)19-12-15(2)24(16(19)3)10-8-17-4-6-18(23)7-5-17/h4-7,9,11-12H,8,10,13H2,1-3H3. The number of aromatic nitrogens is 1. The Morgan fingerprint density at radius 1 is 1.11 bits per heavy atom. The maximum Gasteiger partial charge on any atom is 0.349 e. The number of hydrogen-bond donors (Lipinski definition) is 0. The van der Waals surface area contributed by atoms with E-state index in [0.717, 1.165) is 34.9 Å². The summed E-state index contributed by atoms with van der Waals surface area (Å²) >= 11 is 7.25. The predicted molar refractivity (Wildman–Crippen MR) is 113 cm³/mol. The van der Waals surface area contributed by atoms with Crippen molar-refractivity contribution in [1.82, 2.24) is 4.57 Å². The molecule has 0 amide bonds. The summed E-state index contributed by atoms with van der Waals surface area (Å²) < 4.78 is 7.35. The SMILES string of the molecule is Cc1ccsc1C(=O)OCC(=O)c1cc(C)n(CCc2ccc(Cl)cc2)c1C. The number of carbonyl (C=O) groups is 2. The van der Waals surface area contributed by atoms with E-state index in [0.29, 0.717) is 10.4 Å². The molecule has 0 fully saturated rings. The monoisotopic (exact) mass is 415 g/mol. The molecule has 0 atom stereocenters. The molecule has 0 saturated carbocycles. The second-order valence-corrected chi connectivity index (χ2v) is 8.10. The van der Waals surface area contributed by atoms with E-state index < -0.39 is 5.97 Å². The largest absolute Gasteiger partial charge is 0.453 e. The number of nitrogens with zero attached hydrogens (tertiary/aromatic N) is 1. The molecule has 3 rings (SSSR count). The third-order valence-electron chi connectivity index (χ3n) is 4.79. The molecule has 0 radical (unpaired) electrons. The van der Waals surface area contributed by atoms with Crippen LogP contribution >= 0.6 is 22.9 Å². The highest BCUT2D eigenvalue weighted by atomic mass is 35.5. The van der Waals surface area contributed by atoms with Gasteiger partial charge in [0.15, 0.2) is 6.61 Å². The Kier molecular flexibility index (Phi) is 6.37. The molecule has 0 N–H and O–H groups in total. The molecular formula is C22H22ClNO3S. The number of ketones is 1. The van der Waals surface area contributed by atoms with E-state index in [9.17, 15) is 9.59 Å². The van der Waals surface area contributed by atoms with Crippen LogP contribution < -0.4 is 0 Å². The molecule has 0 bridgehead atoms. The first-order chi connectivity index (χ1) is 13.4. The Morgan fingerprint density at radius 2 is 1.82 bits per heavy atom. The van der Waals surface area contributed by atoms with E-state index in [-0.39, 0.29) is 12.4 Å². The Labute approximate surface area is 173 Å². The van der Waals surface area contributed by atoms with Crippen LogP contribution in [0.2, 0.25) is 5.02 Å². The fraction of sp³-hybridized carbons (Fsp3) is 0.273. The van der Waals surface area contributed by atoms with E-state index in [1.54, 1.807) is 0 Å². The third kappa shape index (κ3) is 4.54. The Hall–Kier alpha value is -2.37. The number of thiophene rings is 1. The highest BCUT2D eigenvalue weighted by Crippen LogP contribution is 2.19. The minimum atomic E-state index is -0.447. The summed E-state index contributed by atoms with van der Waals surface area (Å²) in [6.07, 6.45) is 0.841. The first-order valence-electron chi connectivity index (χ1n) is 9.02. The summed E-state index contributed by atoms with van der Waals surface area (Å²) in [4.78, 5) is 25.3. The number of rotatable bonds is 7. The summed E-state index contributed by atoms with van der Waals surface area (Å²) in [5.74, 6) is -0.634. The molecule has 2 aromatic heterocycles. The molecule has 3 aromatic rings. The van der Waals surface area contributed by atoms with Gasteiger partial charge in [0.2, 0.25) is 5.78 Å². The molecule has 0 unspecified atom stereocenters. The van der Waals surface area contributed by atoms with Crippen molar-refractivity contribution in [3.05, 3.63) is 79.8 Å². The summed E-state index contributed by atoms with van der Waals surface area (Å²) in [7, 11) is 0. The third-order valence-corrected chi connectivity index (χ3v) is 6.04. The fourth-order valence-electron chi connectivity index (χ4n) is 3.18. The second kappa shape index (κ2) is 8.76. The molecule has 2 heterocycles. The van der Waals surface area contributed by atoms with Gasteiger partial charge < -0.3 is 9.30 Å². The topological polar surface area (TPSA) is 48.3 Å². The van der Waals surface area contributed by atoms with Gasteiger partial charge >= 0.3 is 5.97 Å². The lowest BCUT2D eigenvalue weighted by atomic mass is 10.1. The normalized spacial score (nSPS) is 10.9. The van der Waals surface area contributed by atoms with E-state index in [2.05, 4.69) is 4.57 Å². The second-order valence-electron chi connectivity index (χ2n) is 6.74. The molecule has 146 valence electrons. The summed E-state index contributed by atoms with van der Waals surface area (Å²) in [5, 5.41) is 2.56. The van der Waals surface area contributed by atoms with E-state index in [4.69, 9.17) is 16.3 Å². The van der Waals surface area contributed by atoms with Crippen molar-refractivity contribution in [1.29, 1.82) is 0 Å². The number of aryl methyl sites for hydroxylation is 3. The van der Waals surface area contributed by atoms with Gasteiger partial charge in [-0.1, -0.05) is 23.7 Å². The summed E-state index contributed by atoms with van der Waals surface area (Å²) in [6.45, 7) is 6.27. The average Bonchev–Trinajstić information content (AvgIpc) is 3.22. The molecule has 1 aromatic carbocycles. The van der Waals surface area contributed by atoms with Gasteiger partial charge in [0.1, 0.15) is 4.88 Å². The van der Waals surface area contributed by atoms with Gasteiger partial charge in [0.05, 0.1) is 0 Å². The highest BCUT2D eigenvalue weighted by Gasteiger charge is 2.19. The lowest BCUT2D eigenvalue weighted by Crippen LogP contribution is -2.15. The molecule has 6 heteroatoms. The number of carbonyl (C=O) groups excluding carboxylic acids is 2. The molecule has 4 nitrogen and oxygen atoms in total. The quantitative estimate of drug-likeness (QED) is 0.383. The first kappa shape index (κ1) is 20.4. The van der Waals surface area contributed by atoms with Crippen molar-refractivity contribution in [3.63, 3.8) is 0 Å². The number of hydrogen-bond acceptors (Lipinski definition) is 4. The van der Waals surface area contributed by atoms with Gasteiger partial charge in [0.25, 0.3) is 0 Å². The zero-order chi connectivity index (χ0) is 20.3. The van der Waals surface area contributed by atoms with Gasteiger partial charge in [-0.2, -0.15) is 0 Å². The first-order valence-corrected chi connectivity index (χ1v) is 10.3. The zero-order valence-corrected chi connectivity index (χ0v) is 17.7. The lowest BCUT2D eigenvalue weighted by Gasteiger charge is -2.10. The number of Topliss-reactive ketones (excluding diaryl/α,β-unsaturated/α-hetero) is 1. The van der Waals surface area contributed by atoms with E-state index in [1.165, 1.54) is 16.9 Å². The summed E-state index contributed by atoms with van der Waals surface area (Å²) in [6, 6.07) is 11.5. The van der Waals surface area contributed by atoms with Crippen molar-refractivity contribution in [2.75, 3.05) is 6.61 Å². The van der Waals surface area contributed by atoms with Crippen LogP contribution in [0, 0.1) is 20.8 Å². The van der Waals surface area contributed by atoms with E-state index >= 15 is 0 Å². The van der Waals surface area contributed by atoms with E-state index in [1.807, 2.05) is 62.5 Å². The number of esters is 1. The van der Waals surface area contributed by atoms with Crippen LogP contribution in [0.5, 0.6) is 0 Å². The van der Waals surface area contributed by atoms with Crippen LogP contribution in [0.25, 0.3) is 0 Å². The van der Waals surface area contributed by atoms with Crippen molar-refractivity contribution >= 4 is 34.7 Å². The van der Waals surface area contributed by atoms with Crippen LogP contribution in [0.4, 0.5) is 0 Å². The molecule has 28 heavy (non-hydrogen) atoms. The molecular weight excluding hydrogens is 394 g/mol. The predicted octanol–water partition coefficient (Wildman–Crippen LogP) is 5.41. The van der Waals surface area contributed by atoms with Gasteiger partial charge in [-0.25, -0.2) is 4.79 Å². The van der Waals surface area contributed by atoms with Crippen LogP contribution in [-0.4, -0.2) is 22.9 Å². The zero-order valence-electron chi connectivity index (χ0n) is 16.1. The molecule has 0 aliphatic rings. The van der Waals surface area contributed by atoms with Crippen molar-refractivity contribution in [3.8, 4) is 0 Å². The minimum absolute atomic E-state index is 0.187. The minimum Gasteiger partial charge on any atom is -0.453 e.